The van der Waals surface area contributed by atoms with Gasteiger partial charge >= 0.3 is 0 Å². The monoisotopic (exact) mass is 330 g/mol. The Balaban J connectivity index is 2.03. The van der Waals surface area contributed by atoms with Crippen LogP contribution >= 0.6 is 0 Å². The average molecular weight is 330 g/mol. The minimum absolute atomic E-state index is 0.0362. The molecular formula is C20H18N4O. The second-order valence-electron chi connectivity index (χ2n) is 6.14. The lowest BCUT2D eigenvalue weighted by molar-refractivity contribution is 0.748. The summed E-state index contributed by atoms with van der Waals surface area (Å²) in [6.45, 7) is 4.40. The van der Waals surface area contributed by atoms with Crippen LogP contribution in [0, 0.1) is 13.8 Å². The van der Waals surface area contributed by atoms with E-state index >= 15 is 0 Å². The van der Waals surface area contributed by atoms with Crippen molar-refractivity contribution in [2.45, 2.75) is 20.4 Å². The van der Waals surface area contributed by atoms with Gasteiger partial charge in [-0.25, -0.2) is 4.68 Å². The van der Waals surface area contributed by atoms with E-state index in [1.807, 2.05) is 61.0 Å². The molecule has 0 saturated heterocycles. The minimum atomic E-state index is -0.0362. The van der Waals surface area contributed by atoms with Gasteiger partial charge in [0.2, 0.25) is 0 Å². The number of para-hydroxylation sites is 1. The quantitative estimate of drug-likeness (QED) is 0.579. The highest BCUT2D eigenvalue weighted by Crippen LogP contribution is 2.24. The Morgan fingerprint density at radius 1 is 1.04 bits per heavy atom. The van der Waals surface area contributed by atoms with Crippen LogP contribution in [0.1, 0.15) is 16.8 Å². The first-order chi connectivity index (χ1) is 12.1. The standard InChI is InChI=1S/C20H18N4O/c1-14-11-18(25)23(13-16-7-6-10-21-12-16)20-19(14)15(2)22-24(20)17-8-4-3-5-9-17/h3-12H,13H2,1-2H3. The fourth-order valence-corrected chi connectivity index (χ4v) is 3.24. The SMILES string of the molecule is Cc1cc(=O)n(Cc2cccnc2)c2c1c(C)nn2-c1ccccc1. The fraction of sp³-hybridized carbons (Fsp3) is 0.150. The third-order valence-electron chi connectivity index (χ3n) is 4.36. The minimum Gasteiger partial charge on any atom is -0.288 e. The van der Waals surface area contributed by atoms with Crippen molar-refractivity contribution in [2.24, 2.45) is 0 Å². The Kier molecular flexibility index (Phi) is 3.69. The van der Waals surface area contributed by atoms with E-state index in [9.17, 15) is 4.79 Å². The lowest BCUT2D eigenvalue weighted by Crippen LogP contribution is -2.22. The van der Waals surface area contributed by atoms with Gasteiger partial charge in [0.15, 0.2) is 0 Å². The van der Waals surface area contributed by atoms with Gasteiger partial charge in [0.1, 0.15) is 5.65 Å². The normalized spacial score (nSPS) is 11.1. The van der Waals surface area contributed by atoms with E-state index in [-0.39, 0.29) is 5.56 Å². The first-order valence-electron chi connectivity index (χ1n) is 8.19. The Morgan fingerprint density at radius 2 is 1.84 bits per heavy atom. The molecule has 124 valence electrons. The number of aromatic nitrogens is 4. The van der Waals surface area contributed by atoms with E-state index < -0.39 is 0 Å². The molecule has 5 nitrogen and oxygen atoms in total. The molecule has 4 aromatic rings. The summed E-state index contributed by atoms with van der Waals surface area (Å²) in [5, 5.41) is 5.73. The van der Waals surface area contributed by atoms with Gasteiger partial charge < -0.3 is 0 Å². The molecule has 0 saturated carbocycles. The van der Waals surface area contributed by atoms with Crippen LogP contribution in [0.3, 0.4) is 0 Å². The first-order valence-corrected chi connectivity index (χ1v) is 8.19. The molecule has 0 amide bonds. The van der Waals surface area contributed by atoms with Crippen molar-refractivity contribution in [3.63, 3.8) is 0 Å². The second-order valence-corrected chi connectivity index (χ2v) is 6.14. The number of rotatable bonds is 3. The largest absolute Gasteiger partial charge is 0.288 e. The number of hydrogen-bond donors (Lipinski definition) is 0. The van der Waals surface area contributed by atoms with E-state index in [1.54, 1.807) is 23.0 Å². The molecule has 0 spiro atoms. The summed E-state index contributed by atoms with van der Waals surface area (Å²) in [4.78, 5) is 16.9. The van der Waals surface area contributed by atoms with Gasteiger partial charge in [0.05, 0.1) is 17.9 Å². The second kappa shape index (κ2) is 6.02. The van der Waals surface area contributed by atoms with Gasteiger partial charge in [-0.1, -0.05) is 24.3 Å². The van der Waals surface area contributed by atoms with Gasteiger partial charge in [0.25, 0.3) is 5.56 Å². The van der Waals surface area contributed by atoms with Gasteiger partial charge in [-0.05, 0) is 43.2 Å². The van der Waals surface area contributed by atoms with E-state index in [0.29, 0.717) is 6.54 Å². The zero-order valence-corrected chi connectivity index (χ0v) is 14.2. The summed E-state index contributed by atoms with van der Waals surface area (Å²) in [6.07, 6.45) is 3.52. The zero-order chi connectivity index (χ0) is 17.4. The van der Waals surface area contributed by atoms with Crippen LogP contribution < -0.4 is 5.56 Å². The van der Waals surface area contributed by atoms with E-state index in [4.69, 9.17) is 5.10 Å². The number of fused-ring (bicyclic) bond motifs is 1. The molecular weight excluding hydrogens is 312 g/mol. The van der Waals surface area contributed by atoms with Crippen LogP contribution in [0.15, 0.2) is 65.7 Å². The van der Waals surface area contributed by atoms with E-state index in [0.717, 1.165) is 33.5 Å². The first kappa shape index (κ1) is 15.3. The molecule has 0 aliphatic rings. The molecule has 3 heterocycles. The zero-order valence-electron chi connectivity index (χ0n) is 14.2. The lowest BCUT2D eigenvalue weighted by atomic mass is 10.1. The number of nitrogens with zero attached hydrogens (tertiary/aromatic N) is 4. The van der Waals surface area contributed by atoms with Gasteiger partial charge in [0, 0.05) is 23.8 Å². The molecule has 0 aliphatic carbocycles. The summed E-state index contributed by atoms with van der Waals surface area (Å²) >= 11 is 0. The molecule has 1 aromatic carbocycles. The lowest BCUT2D eigenvalue weighted by Gasteiger charge is -2.12. The molecule has 3 aromatic heterocycles. The molecule has 0 N–H and O–H groups in total. The number of aryl methyl sites for hydroxylation is 2. The maximum absolute atomic E-state index is 12.8. The van der Waals surface area contributed by atoms with Crippen LogP contribution in [0.2, 0.25) is 0 Å². The van der Waals surface area contributed by atoms with Crippen molar-refractivity contribution in [1.29, 1.82) is 0 Å². The van der Waals surface area contributed by atoms with Crippen LogP contribution in [-0.4, -0.2) is 19.3 Å². The van der Waals surface area contributed by atoms with Crippen LogP contribution in [0.4, 0.5) is 0 Å². The van der Waals surface area contributed by atoms with Crippen molar-refractivity contribution < 1.29 is 0 Å². The fourth-order valence-electron chi connectivity index (χ4n) is 3.24. The number of pyridine rings is 2. The maximum atomic E-state index is 12.8. The summed E-state index contributed by atoms with van der Waals surface area (Å²) in [5.41, 5.74) is 4.56. The van der Waals surface area contributed by atoms with Gasteiger partial charge in [-0.2, -0.15) is 5.10 Å². The molecule has 0 bridgehead atoms. The molecule has 0 aliphatic heterocycles. The number of benzene rings is 1. The summed E-state index contributed by atoms with van der Waals surface area (Å²) < 4.78 is 3.63. The van der Waals surface area contributed by atoms with Crippen molar-refractivity contribution in [3.05, 3.63) is 88.1 Å². The third kappa shape index (κ3) is 2.63. The molecule has 5 heteroatoms. The van der Waals surface area contributed by atoms with Crippen LogP contribution in [0.5, 0.6) is 0 Å². The topological polar surface area (TPSA) is 52.7 Å². The molecule has 0 fully saturated rings. The predicted molar refractivity (Wildman–Crippen MR) is 98.1 cm³/mol. The molecule has 0 atom stereocenters. The third-order valence-corrected chi connectivity index (χ3v) is 4.36. The van der Waals surface area contributed by atoms with Crippen molar-refractivity contribution in [3.8, 4) is 5.69 Å². The van der Waals surface area contributed by atoms with Crippen LogP contribution in [0.25, 0.3) is 16.7 Å². The number of hydrogen-bond acceptors (Lipinski definition) is 3. The van der Waals surface area contributed by atoms with Crippen molar-refractivity contribution >= 4 is 11.0 Å². The summed E-state index contributed by atoms with van der Waals surface area (Å²) in [7, 11) is 0. The van der Waals surface area contributed by atoms with E-state index in [1.165, 1.54) is 0 Å². The predicted octanol–water partition coefficient (Wildman–Crippen LogP) is 3.25. The Hall–Kier alpha value is -3.21. The Labute approximate surface area is 145 Å². The Morgan fingerprint density at radius 3 is 2.56 bits per heavy atom. The smallest absolute Gasteiger partial charge is 0.252 e. The van der Waals surface area contributed by atoms with Gasteiger partial charge in [-0.3, -0.25) is 14.3 Å². The highest BCUT2D eigenvalue weighted by Gasteiger charge is 2.17. The highest BCUT2D eigenvalue weighted by molar-refractivity contribution is 5.83. The average Bonchev–Trinajstić information content (AvgIpc) is 2.98. The summed E-state index contributed by atoms with van der Waals surface area (Å²) in [6, 6.07) is 15.4. The molecule has 0 unspecified atom stereocenters. The maximum Gasteiger partial charge on any atom is 0.252 e. The van der Waals surface area contributed by atoms with Gasteiger partial charge in [-0.15, -0.1) is 0 Å². The molecule has 25 heavy (non-hydrogen) atoms. The molecule has 4 rings (SSSR count). The van der Waals surface area contributed by atoms with E-state index in [2.05, 4.69) is 4.98 Å². The Bertz CT molecular complexity index is 1100. The summed E-state index contributed by atoms with van der Waals surface area (Å²) in [5.74, 6) is 0. The van der Waals surface area contributed by atoms with Crippen molar-refractivity contribution in [1.82, 2.24) is 19.3 Å². The van der Waals surface area contributed by atoms with Crippen LogP contribution in [-0.2, 0) is 6.54 Å². The van der Waals surface area contributed by atoms with Crippen molar-refractivity contribution in [2.75, 3.05) is 0 Å². The molecule has 0 radical (unpaired) electrons. The highest BCUT2D eigenvalue weighted by atomic mass is 16.1.